The highest BCUT2D eigenvalue weighted by atomic mass is 35.5. The molecule has 1 heterocycles. The summed E-state index contributed by atoms with van der Waals surface area (Å²) in [5.41, 5.74) is 0.707. The third-order valence-corrected chi connectivity index (χ3v) is 3.85. The molecular weight excluding hydrogens is 344 g/mol. The molecule has 3 aromatic rings. The largest absolute Gasteiger partial charge is 0.479 e. The predicted octanol–water partition coefficient (Wildman–Crippen LogP) is 4.13. The number of carbonyl (C=O) groups is 1. The van der Waals surface area contributed by atoms with E-state index in [9.17, 15) is 9.59 Å². The molecule has 1 atom stereocenters. The van der Waals surface area contributed by atoms with Gasteiger partial charge in [-0.1, -0.05) is 11.6 Å². The minimum absolute atomic E-state index is 0.276. The van der Waals surface area contributed by atoms with E-state index < -0.39 is 17.7 Å². The molecule has 6 heteroatoms. The second-order valence-corrected chi connectivity index (χ2v) is 5.98. The van der Waals surface area contributed by atoms with Crippen LogP contribution in [-0.4, -0.2) is 12.1 Å². The fraction of sp³-hybridized carbons (Fsp3) is 0.158. The molecule has 0 bridgehead atoms. The zero-order chi connectivity index (χ0) is 18.0. The van der Waals surface area contributed by atoms with Gasteiger partial charge >= 0.3 is 11.6 Å². The Morgan fingerprint density at radius 2 is 1.76 bits per heavy atom. The number of rotatable bonds is 4. The molecule has 128 valence electrons. The molecule has 3 rings (SSSR count). The van der Waals surface area contributed by atoms with Crippen LogP contribution in [0.1, 0.15) is 12.5 Å². The normalized spacial score (nSPS) is 12.0. The lowest BCUT2D eigenvalue weighted by Gasteiger charge is -2.14. The maximum absolute atomic E-state index is 12.2. The van der Waals surface area contributed by atoms with E-state index in [1.54, 1.807) is 43.3 Å². The Hall–Kier alpha value is -2.79. The third-order valence-electron chi connectivity index (χ3n) is 3.60. The summed E-state index contributed by atoms with van der Waals surface area (Å²) in [6.07, 6.45) is -0.818. The first-order valence-electron chi connectivity index (χ1n) is 7.61. The summed E-state index contributed by atoms with van der Waals surface area (Å²) < 4.78 is 16.0. The molecule has 0 N–H and O–H groups in total. The fourth-order valence-electron chi connectivity index (χ4n) is 2.33. The van der Waals surface area contributed by atoms with Crippen molar-refractivity contribution in [2.24, 2.45) is 0 Å². The number of hydrogen-bond acceptors (Lipinski definition) is 5. The summed E-state index contributed by atoms with van der Waals surface area (Å²) in [5, 5.41) is 1.36. The van der Waals surface area contributed by atoms with Gasteiger partial charge in [0.2, 0.25) is 0 Å². The van der Waals surface area contributed by atoms with Gasteiger partial charge in [-0.2, -0.15) is 0 Å². The first kappa shape index (κ1) is 17.0. The predicted molar refractivity (Wildman–Crippen MR) is 94.4 cm³/mol. The molecule has 0 unspecified atom stereocenters. The molecule has 0 saturated heterocycles. The van der Waals surface area contributed by atoms with E-state index in [2.05, 4.69) is 0 Å². The Bertz CT molecular complexity index is 975. The molecule has 0 fully saturated rings. The highest BCUT2D eigenvalue weighted by Gasteiger charge is 2.18. The van der Waals surface area contributed by atoms with Crippen molar-refractivity contribution in [1.82, 2.24) is 0 Å². The molecule has 0 amide bonds. The number of benzene rings is 2. The summed E-state index contributed by atoms with van der Waals surface area (Å²) in [5.74, 6) is 0.219. The van der Waals surface area contributed by atoms with Crippen LogP contribution in [0.3, 0.4) is 0 Å². The lowest BCUT2D eigenvalue weighted by Crippen LogP contribution is -2.28. The molecular formula is C19H15ClO5. The SMILES string of the molecule is Cc1cc(=O)oc2cc(OC(=O)[C@@H](C)Oc3ccc(Cl)cc3)ccc12. The molecule has 5 nitrogen and oxygen atoms in total. The fourth-order valence-corrected chi connectivity index (χ4v) is 2.46. The van der Waals surface area contributed by atoms with Crippen molar-refractivity contribution in [3.05, 3.63) is 69.5 Å². The van der Waals surface area contributed by atoms with Crippen LogP contribution in [0.5, 0.6) is 11.5 Å². The maximum Gasteiger partial charge on any atom is 0.352 e. The number of aryl methyl sites for hydroxylation is 1. The van der Waals surface area contributed by atoms with Gasteiger partial charge in [0, 0.05) is 22.5 Å². The third kappa shape index (κ3) is 4.00. The van der Waals surface area contributed by atoms with Gasteiger partial charge in [0.25, 0.3) is 0 Å². The van der Waals surface area contributed by atoms with Crippen molar-refractivity contribution in [1.29, 1.82) is 0 Å². The van der Waals surface area contributed by atoms with Gasteiger partial charge in [0.15, 0.2) is 6.10 Å². The van der Waals surface area contributed by atoms with Gasteiger partial charge in [-0.05, 0) is 55.8 Å². The molecule has 0 spiro atoms. The average Bonchev–Trinajstić information content (AvgIpc) is 2.56. The molecule has 2 aromatic carbocycles. The minimum atomic E-state index is -0.818. The van der Waals surface area contributed by atoms with Gasteiger partial charge in [-0.15, -0.1) is 0 Å². The van der Waals surface area contributed by atoms with E-state index in [4.69, 9.17) is 25.5 Å². The van der Waals surface area contributed by atoms with Gasteiger partial charge in [-0.3, -0.25) is 0 Å². The molecule has 0 saturated carbocycles. The second kappa shape index (κ2) is 6.99. The monoisotopic (exact) mass is 358 g/mol. The van der Waals surface area contributed by atoms with E-state index in [1.165, 1.54) is 12.1 Å². The van der Waals surface area contributed by atoms with Crippen LogP contribution in [0.25, 0.3) is 11.0 Å². The standard InChI is InChI=1S/C19H15ClO5/c1-11-9-18(21)25-17-10-15(7-8-16(11)17)24-19(22)12(2)23-14-5-3-13(20)4-6-14/h3-10,12H,1-2H3/t12-/m1/s1. The number of hydrogen-bond donors (Lipinski definition) is 0. The van der Waals surface area contributed by atoms with Crippen LogP contribution < -0.4 is 15.1 Å². The van der Waals surface area contributed by atoms with E-state index >= 15 is 0 Å². The summed E-state index contributed by atoms with van der Waals surface area (Å²) in [6.45, 7) is 3.40. The van der Waals surface area contributed by atoms with Crippen molar-refractivity contribution in [2.45, 2.75) is 20.0 Å². The molecule has 0 radical (unpaired) electrons. The van der Waals surface area contributed by atoms with E-state index in [0.717, 1.165) is 10.9 Å². The Morgan fingerprint density at radius 1 is 1.08 bits per heavy atom. The average molecular weight is 359 g/mol. The quantitative estimate of drug-likeness (QED) is 0.398. The molecule has 25 heavy (non-hydrogen) atoms. The van der Waals surface area contributed by atoms with E-state index in [1.807, 2.05) is 6.92 Å². The first-order chi connectivity index (χ1) is 11.9. The summed E-state index contributed by atoms with van der Waals surface area (Å²) in [6, 6.07) is 13.0. The van der Waals surface area contributed by atoms with Gasteiger partial charge in [-0.25, -0.2) is 9.59 Å². The molecule has 0 aliphatic rings. The molecule has 0 aliphatic heterocycles. The number of carbonyl (C=O) groups excluding carboxylic acids is 1. The number of fused-ring (bicyclic) bond motifs is 1. The number of halogens is 1. The Morgan fingerprint density at radius 3 is 2.48 bits per heavy atom. The summed E-state index contributed by atoms with van der Waals surface area (Å²) >= 11 is 5.81. The Balaban J connectivity index is 1.74. The van der Waals surface area contributed by atoms with Crippen LogP contribution in [0.2, 0.25) is 5.02 Å². The van der Waals surface area contributed by atoms with E-state index in [-0.39, 0.29) is 5.75 Å². The summed E-state index contributed by atoms with van der Waals surface area (Å²) in [7, 11) is 0. The smallest absolute Gasteiger partial charge is 0.352 e. The lowest BCUT2D eigenvalue weighted by atomic mass is 10.1. The second-order valence-electron chi connectivity index (χ2n) is 5.54. The van der Waals surface area contributed by atoms with Crippen LogP contribution in [-0.2, 0) is 4.79 Å². The van der Waals surface area contributed by atoms with Crippen molar-refractivity contribution in [2.75, 3.05) is 0 Å². The highest BCUT2D eigenvalue weighted by Crippen LogP contribution is 2.23. The van der Waals surface area contributed by atoms with Gasteiger partial charge in [0.1, 0.15) is 17.1 Å². The topological polar surface area (TPSA) is 65.7 Å². The highest BCUT2D eigenvalue weighted by molar-refractivity contribution is 6.30. The van der Waals surface area contributed by atoms with Crippen LogP contribution in [0.15, 0.2) is 57.7 Å². The van der Waals surface area contributed by atoms with Crippen molar-refractivity contribution < 1.29 is 18.7 Å². The molecule has 1 aromatic heterocycles. The van der Waals surface area contributed by atoms with Crippen LogP contribution in [0.4, 0.5) is 0 Å². The van der Waals surface area contributed by atoms with Gasteiger partial charge in [0.05, 0.1) is 0 Å². The minimum Gasteiger partial charge on any atom is -0.479 e. The van der Waals surface area contributed by atoms with Crippen molar-refractivity contribution in [3.8, 4) is 11.5 Å². The van der Waals surface area contributed by atoms with Crippen molar-refractivity contribution in [3.63, 3.8) is 0 Å². The first-order valence-corrected chi connectivity index (χ1v) is 7.98. The van der Waals surface area contributed by atoms with Crippen LogP contribution in [0, 0.1) is 6.92 Å². The van der Waals surface area contributed by atoms with Crippen molar-refractivity contribution >= 4 is 28.5 Å². The zero-order valence-electron chi connectivity index (χ0n) is 13.6. The Kier molecular flexibility index (Phi) is 4.76. The summed E-state index contributed by atoms with van der Waals surface area (Å²) in [4.78, 5) is 23.7. The van der Waals surface area contributed by atoms with Gasteiger partial charge < -0.3 is 13.9 Å². The molecule has 0 aliphatic carbocycles. The van der Waals surface area contributed by atoms with Crippen LogP contribution >= 0.6 is 11.6 Å². The Labute approximate surface area is 148 Å². The maximum atomic E-state index is 12.2. The zero-order valence-corrected chi connectivity index (χ0v) is 14.4. The lowest BCUT2D eigenvalue weighted by molar-refractivity contribution is -0.141. The van der Waals surface area contributed by atoms with E-state index in [0.29, 0.717) is 16.4 Å². The number of esters is 1. The number of ether oxygens (including phenoxy) is 2.